The summed E-state index contributed by atoms with van der Waals surface area (Å²) in [6.45, 7) is 4.04. The minimum absolute atomic E-state index is 0.0423. The maximum atomic E-state index is 15.0. The first kappa shape index (κ1) is 25.7. The first-order valence-electron chi connectivity index (χ1n) is 12.2. The Morgan fingerprint density at radius 3 is 2.34 bits per heavy atom. The van der Waals surface area contributed by atoms with Gasteiger partial charge in [-0.15, -0.1) is 0 Å². The molecule has 38 heavy (non-hydrogen) atoms. The molecule has 3 nitrogen and oxygen atoms in total. The molecule has 3 aromatic rings. The summed E-state index contributed by atoms with van der Waals surface area (Å²) in [4.78, 5) is 0. The molecule has 3 aromatic carbocycles. The highest BCUT2D eigenvalue weighted by Gasteiger charge is 2.29. The lowest BCUT2D eigenvalue weighted by Gasteiger charge is -2.23. The van der Waals surface area contributed by atoms with Crippen LogP contribution in [0.5, 0.6) is 17.2 Å². The molecule has 5 rings (SSSR count). The third kappa shape index (κ3) is 4.69. The third-order valence-corrected chi connectivity index (χ3v) is 6.45. The summed E-state index contributed by atoms with van der Waals surface area (Å²) in [6, 6.07) is 6.96. The quantitative estimate of drug-likeness (QED) is 0.199. The Labute approximate surface area is 216 Å². The van der Waals surface area contributed by atoms with E-state index in [4.69, 9.17) is 14.2 Å². The van der Waals surface area contributed by atoms with Gasteiger partial charge in [0.25, 0.3) is 0 Å². The molecule has 0 radical (unpaired) electrons. The SMILES string of the molecule is CCCOc1ccc2c(c1F)Oc1c(cc(C#Cc3ccc(C4CCC(C)=CO4)c(F)c3F)c(F)c1F)C2. The Hall–Kier alpha value is -3.99. The van der Waals surface area contributed by atoms with Gasteiger partial charge in [0.05, 0.1) is 24.0 Å². The molecule has 1 atom stereocenters. The van der Waals surface area contributed by atoms with Crippen molar-refractivity contribution in [3.05, 3.63) is 99.1 Å². The van der Waals surface area contributed by atoms with Gasteiger partial charge in [-0.2, -0.15) is 8.78 Å². The average Bonchev–Trinajstić information content (AvgIpc) is 2.92. The maximum absolute atomic E-state index is 15.0. The zero-order valence-corrected chi connectivity index (χ0v) is 20.7. The summed E-state index contributed by atoms with van der Waals surface area (Å²) in [7, 11) is 0. The largest absolute Gasteiger partial charge is 0.493 e. The molecule has 0 N–H and O–H groups in total. The monoisotopic (exact) mass is 526 g/mol. The predicted molar refractivity (Wildman–Crippen MR) is 131 cm³/mol. The Kier molecular flexibility index (Phi) is 7.02. The normalized spacial score (nSPS) is 15.8. The van der Waals surface area contributed by atoms with Crippen LogP contribution < -0.4 is 9.47 Å². The van der Waals surface area contributed by atoms with Crippen molar-refractivity contribution < 1.29 is 36.2 Å². The average molecular weight is 527 g/mol. The Morgan fingerprint density at radius 2 is 1.61 bits per heavy atom. The molecule has 0 amide bonds. The standard InChI is InChI=1S/C30H23F5O3/c1-3-12-36-23-11-8-19-14-20-13-18(25(32)28(35)30(20)38-29(19)27(23)34)6-5-17-7-9-21(26(33)24(17)31)22-10-4-16(2)15-37-22/h7-9,11,13,15,22H,3-4,10,12,14H2,1-2H3. The minimum atomic E-state index is -1.35. The molecule has 1 unspecified atom stereocenters. The molecule has 8 heteroatoms. The van der Waals surface area contributed by atoms with E-state index in [0.29, 0.717) is 24.8 Å². The highest BCUT2D eigenvalue weighted by molar-refractivity contribution is 5.57. The highest BCUT2D eigenvalue weighted by atomic mass is 19.2. The molecule has 0 fully saturated rings. The van der Waals surface area contributed by atoms with Crippen LogP contribution in [0.4, 0.5) is 22.0 Å². The van der Waals surface area contributed by atoms with Crippen LogP contribution in [0.15, 0.2) is 42.2 Å². The van der Waals surface area contributed by atoms with Crippen molar-refractivity contribution >= 4 is 0 Å². The van der Waals surface area contributed by atoms with Crippen LogP contribution in [0, 0.1) is 40.9 Å². The van der Waals surface area contributed by atoms with E-state index < -0.39 is 40.9 Å². The molecule has 2 aliphatic heterocycles. The number of allylic oxidation sites excluding steroid dienone is 1. The van der Waals surface area contributed by atoms with Crippen molar-refractivity contribution in [2.24, 2.45) is 0 Å². The van der Waals surface area contributed by atoms with Gasteiger partial charge in [0.1, 0.15) is 6.10 Å². The van der Waals surface area contributed by atoms with Crippen LogP contribution in [0.25, 0.3) is 0 Å². The zero-order valence-electron chi connectivity index (χ0n) is 20.7. The molecule has 0 saturated carbocycles. The number of benzene rings is 3. The van der Waals surface area contributed by atoms with Crippen molar-refractivity contribution in [2.45, 2.75) is 45.6 Å². The maximum Gasteiger partial charge on any atom is 0.207 e. The van der Waals surface area contributed by atoms with Crippen molar-refractivity contribution in [1.29, 1.82) is 0 Å². The molecular weight excluding hydrogens is 503 g/mol. The van der Waals surface area contributed by atoms with Gasteiger partial charge in [0, 0.05) is 23.1 Å². The van der Waals surface area contributed by atoms with Gasteiger partial charge in [0.15, 0.2) is 34.7 Å². The molecule has 0 bridgehead atoms. The number of hydrogen-bond acceptors (Lipinski definition) is 3. The fraction of sp³-hybridized carbons (Fsp3) is 0.267. The zero-order chi connectivity index (χ0) is 27.0. The van der Waals surface area contributed by atoms with Crippen LogP contribution in [0.2, 0.25) is 0 Å². The van der Waals surface area contributed by atoms with Crippen molar-refractivity contribution in [3.8, 4) is 29.1 Å². The third-order valence-electron chi connectivity index (χ3n) is 6.45. The molecule has 196 valence electrons. The summed E-state index contributed by atoms with van der Waals surface area (Å²) in [6.07, 6.45) is 2.83. The van der Waals surface area contributed by atoms with Gasteiger partial charge in [-0.3, -0.25) is 0 Å². The van der Waals surface area contributed by atoms with Gasteiger partial charge in [-0.25, -0.2) is 13.2 Å². The number of rotatable bonds is 4. The first-order valence-corrected chi connectivity index (χ1v) is 12.2. The van der Waals surface area contributed by atoms with Crippen LogP contribution in [0.1, 0.15) is 67.0 Å². The fourth-order valence-corrected chi connectivity index (χ4v) is 4.41. The highest BCUT2D eigenvalue weighted by Crippen LogP contribution is 2.43. The number of ether oxygens (including phenoxy) is 3. The van der Waals surface area contributed by atoms with E-state index in [2.05, 4.69) is 11.8 Å². The van der Waals surface area contributed by atoms with Gasteiger partial charge in [0.2, 0.25) is 11.6 Å². The van der Waals surface area contributed by atoms with Crippen molar-refractivity contribution in [1.82, 2.24) is 0 Å². The number of halogens is 5. The van der Waals surface area contributed by atoms with E-state index in [-0.39, 0.29) is 46.8 Å². The lowest BCUT2D eigenvalue weighted by atomic mass is 9.97. The van der Waals surface area contributed by atoms with Crippen LogP contribution in [-0.2, 0) is 11.2 Å². The second-order valence-corrected chi connectivity index (χ2v) is 9.24. The van der Waals surface area contributed by atoms with Gasteiger partial charge in [-0.1, -0.05) is 30.9 Å². The first-order chi connectivity index (χ1) is 18.3. The summed E-state index contributed by atoms with van der Waals surface area (Å²) >= 11 is 0. The topological polar surface area (TPSA) is 27.7 Å². The van der Waals surface area contributed by atoms with Crippen LogP contribution in [-0.4, -0.2) is 6.61 Å². The van der Waals surface area contributed by atoms with E-state index >= 15 is 0 Å². The predicted octanol–water partition coefficient (Wildman–Crippen LogP) is 8.02. The number of hydrogen-bond donors (Lipinski definition) is 0. The van der Waals surface area contributed by atoms with Gasteiger partial charge >= 0.3 is 0 Å². The molecule has 0 aliphatic carbocycles. The summed E-state index contributed by atoms with van der Waals surface area (Å²) in [5.74, 6) is -1.71. The Morgan fingerprint density at radius 1 is 0.868 bits per heavy atom. The Bertz CT molecular complexity index is 1520. The lowest BCUT2D eigenvalue weighted by Crippen LogP contribution is -2.10. The van der Waals surface area contributed by atoms with Crippen LogP contribution >= 0.6 is 0 Å². The van der Waals surface area contributed by atoms with E-state index in [1.54, 1.807) is 6.07 Å². The fourth-order valence-electron chi connectivity index (χ4n) is 4.41. The molecule has 2 aliphatic rings. The second-order valence-electron chi connectivity index (χ2n) is 9.24. The molecular formula is C30H23F5O3. The second kappa shape index (κ2) is 10.4. The van der Waals surface area contributed by atoms with E-state index in [1.165, 1.54) is 30.5 Å². The van der Waals surface area contributed by atoms with E-state index in [0.717, 1.165) is 5.57 Å². The van der Waals surface area contributed by atoms with Gasteiger partial charge in [-0.05, 0) is 50.0 Å². The van der Waals surface area contributed by atoms with Gasteiger partial charge < -0.3 is 14.2 Å². The molecule has 0 saturated heterocycles. The van der Waals surface area contributed by atoms with Crippen molar-refractivity contribution in [2.75, 3.05) is 6.61 Å². The summed E-state index contributed by atoms with van der Waals surface area (Å²) < 4.78 is 90.5. The molecule has 0 spiro atoms. The smallest absolute Gasteiger partial charge is 0.207 e. The molecule has 2 heterocycles. The number of fused-ring (bicyclic) bond motifs is 2. The van der Waals surface area contributed by atoms with E-state index in [9.17, 15) is 22.0 Å². The minimum Gasteiger partial charge on any atom is -0.493 e. The van der Waals surface area contributed by atoms with E-state index in [1.807, 2.05) is 13.8 Å². The Balaban J connectivity index is 1.44. The lowest BCUT2D eigenvalue weighted by molar-refractivity contribution is 0.116. The van der Waals surface area contributed by atoms with Crippen LogP contribution in [0.3, 0.4) is 0 Å². The summed E-state index contributed by atoms with van der Waals surface area (Å²) in [5, 5.41) is 0. The van der Waals surface area contributed by atoms with Crippen molar-refractivity contribution in [3.63, 3.8) is 0 Å². The molecule has 0 aromatic heterocycles. The summed E-state index contributed by atoms with van der Waals surface area (Å²) in [5.41, 5.74) is 1.05.